The van der Waals surface area contributed by atoms with Crippen molar-refractivity contribution in [1.29, 1.82) is 0 Å². The van der Waals surface area contributed by atoms with E-state index in [4.69, 9.17) is 5.11 Å². The number of carbonyl (C=O) groups is 3. The number of carbonyl (C=O) groups excluding carboxylic acids is 2. The first-order valence-corrected chi connectivity index (χ1v) is 9.09. The van der Waals surface area contributed by atoms with E-state index in [9.17, 15) is 14.4 Å². The Morgan fingerprint density at radius 1 is 1.04 bits per heavy atom. The van der Waals surface area contributed by atoms with E-state index in [-0.39, 0.29) is 17.9 Å². The van der Waals surface area contributed by atoms with Gasteiger partial charge in [0.2, 0.25) is 0 Å². The summed E-state index contributed by atoms with van der Waals surface area (Å²) in [5.74, 6) is -1.37. The molecule has 0 atom stereocenters. The van der Waals surface area contributed by atoms with Crippen molar-refractivity contribution >= 4 is 23.6 Å². The summed E-state index contributed by atoms with van der Waals surface area (Å²) in [4.78, 5) is 40.8. The molecule has 0 unspecified atom stereocenters. The fourth-order valence-electron chi connectivity index (χ4n) is 3.03. The summed E-state index contributed by atoms with van der Waals surface area (Å²) in [6, 6.07) is 10.3. The number of hydrogen-bond donors (Lipinski definition) is 3. The lowest BCUT2D eigenvalue weighted by atomic mass is 9.97. The number of anilines is 1. The molecular formula is C20H22N4O4. The quantitative estimate of drug-likeness (QED) is 0.735. The fraction of sp³-hybridized carbons (Fsp3) is 0.300. The van der Waals surface area contributed by atoms with E-state index in [1.54, 1.807) is 41.6 Å². The van der Waals surface area contributed by atoms with Crippen molar-refractivity contribution in [2.75, 3.05) is 18.4 Å². The van der Waals surface area contributed by atoms with Crippen molar-refractivity contribution in [1.82, 2.24) is 15.2 Å². The van der Waals surface area contributed by atoms with Crippen LogP contribution in [0.2, 0.25) is 0 Å². The third-order valence-electron chi connectivity index (χ3n) is 4.73. The molecule has 8 nitrogen and oxygen atoms in total. The van der Waals surface area contributed by atoms with E-state index in [1.165, 1.54) is 0 Å². The minimum atomic E-state index is -0.795. The Balaban J connectivity index is 1.46. The molecule has 1 aromatic carbocycles. The Bertz CT molecular complexity index is 831. The maximum Gasteiger partial charge on any atom is 0.317 e. The molecule has 3 N–H and O–H groups in total. The van der Waals surface area contributed by atoms with Crippen LogP contribution in [-0.2, 0) is 11.3 Å². The van der Waals surface area contributed by atoms with Crippen LogP contribution in [0.1, 0.15) is 28.8 Å². The third-order valence-corrected chi connectivity index (χ3v) is 4.73. The summed E-state index contributed by atoms with van der Waals surface area (Å²) in [7, 11) is 0. The summed E-state index contributed by atoms with van der Waals surface area (Å²) in [6.45, 7) is 1.25. The number of likely N-dealkylation sites (tertiary alicyclic amines) is 1. The van der Waals surface area contributed by atoms with E-state index in [2.05, 4.69) is 15.6 Å². The second kappa shape index (κ2) is 8.98. The summed E-state index contributed by atoms with van der Waals surface area (Å²) < 4.78 is 0. The predicted molar refractivity (Wildman–Crippen MR) is 103 cm³/mol. The van der Waals surface area contributed by atoms with Crippen LogP contribution in [0, 0.1) is 5.92 Å². The molecule has 3 rings (SSSR count). The molecule has 0 aliphatic carbocycles. The van der Waals surface area contributed by atoms with Crippen LogP contribution in [0.3, 0.4) is 0 Å². The van der Waals surface area contributed by atoms with Gasteiger partial charge in [-0.3, -0.25) is 14.6 Å². The van der Waals surface area contributed by atoms with Crippen molar-refractivity contribution in [3.8, 4) is 0 Å². The van der Waals surface area contributed by atoms with Crippen molar-refractivity contribution < 1.29 is 19.5 Å². The van der Waals surface area contributed by atoms with Crippen molar-refractivity contribution in [3.63, 3.8) is 0 Å². The van der Waals surface area contributed by atoms with Gasteiger partial charge in [-0.15, -0.1) is 0 Å². The number of urea groups is 1. The molecule has 1 aromatic heterocycles. The van der Waals surface area contributed by atoms with E-state index in [1.807, 2.05) is 12.1 Å². The second-order valence-corrected chi connectivity index (χ2v) is 6.65. The van der Waals surface area contributed by atoms with E-state index >= 15 is 0 Å². The molecule has 3 amide bonds. The zero-order valence-electron chi connectivity index (χ0n) is 15.3. The highest BCUT2D eigenvalue weighted by molar-refractivity contribution is 6.04. The van der Waals surface area contributed by atoms with Gasteiger partial charge in [0.15, 0.2) is 0 Å². The Kier molecular flexibility index (Phi) is 6.21. The summed E-state index contributed by atoms with van der Waals surface area (Å²) in [5.41, 5.74) is 2.08. The first-order chi connectivity index (χ1) is 13.5. The minimum Gasteiger partial charge on any atom is -0.481 e. The van der Waals surface area contributed by atoms with E-state index in [0.29, 0.717) is 43.7 Å². The van der Waals surface area contributed by atoms with E-state index in [0.717, 1.165) is 5.56 Å². The van der Waals surface area contributed by atoms with Crippen LogP contribution >= 0.6 is 0 Å². The lowest BCUT2D eigenvalue weighted by molar-refractivity contribution is -0.143. The summed E-state index contributed by atoms with van der Waals surface area (Å²) in [5, 5.41) is 14.7. The molecule has 2 heterocycles. The number of benzene rings is 1. The highest BCUT2D eigenvalue weighted by Gasteiger charge is 2.26. The van der Waals surface area contributed by atoms with Gasteiger partial charge in [-0.05, 0) is 42.7 Å². The van der Waals surface area contributed by atoms with Gasteiger partial charge in [0, 0.05) is 43.3 Å². The molecule has 1 saturated heterocycles. The summed E-state index contributed by atoms with van der Waals surface area (Å²) >= 11 is 0. The third kappa shape index (κ3) is 5.06. The Morgan fingerprint density at radius 2 is 1.68 bits per heavy atom. The van der Waals surface area contributed by atoms with Gasteiger partial charge in [0.05, 0.1) is 5.92 Å². The first kappa shape index (κ1) is 19.3. The number of nitrogens with one attached hydrogen (secondary N) is 2. The van der Waals surface area contributed by atoms with E-state index < -0.39 is 5.97 Å². The highest BCUT2D eigenvalue weighted by Crippen LogP contribution is 2.17. The zero-order valence-corrected chi connectivity index (χ0v) is 15.3. The topological polar surface area (TPSA) is 112 Å². The largest absolute Gasteiger partial charge is 0.481 e. The normalized spacial score (nSPS) is 14.4. The zero-order chi connectivity index (χ0) is 19.9. The fourth-order valence-corrected chi connectivity index (χ4v) is 3.03. The molecule has 0 saturated carbocycles. The standard InChI is InChI=1S/C20H22N4O4/c25-18(15-5-9-21-10-6-15)23-17-3-1-14(2-4-17)13-22-20(28)24-11-7-16(8-12-24)19(26)27/h1-6,9-10,16H,7-8,11-13H2,(H,22,28)(H,23,25)(H,26,27). The molecular weight excluding hydrogens is 360 g/mol. The molecule has 0 spiro atoms. The number of aliphatic carboxylic acids is 1. The van der Waals surface area contributed by atoms with Crippen LogP contribution in [-0.4, -0.2) is 46.0 Å². The van der Waals surface area contributed by atoms with Crippen molar-refractivity contribution in [3.05, 3.63) is 59.9 Å². The number of nitrogens with zero attached hydrogens (tertiary/aromatic N) is 2. The molecule has 2 aromatic rings. The Hall–Kier alpha value is -3.42. The predicted octanol–water partition coefficient (Wildman–Crippen LogP) is 2.34. The lowest BCUT2D eigenvalue weighted by Crippen LogP contribution is -2.45. The lowest BCUT2D eigenvalue weighted by Gasteiger charge is -2.30. The maximum absolute atomic E-state index is 12.2. The second-order valence-electron chi connectivity index (χ2n) is 6.65. The van der Waals surface area contributed by atoms with Crippen molar-refractivity contribution in [2.24, 2.45) is 5.92 Å². The average Bonchev–Trinajstić information content (AvgIpc) is 2.73. The van der Waals surface area contributed by atoms with Gasteiger partial charge >= 0.3 is 12.0 Å². The molecule has 0 radical (unpaired) electrons. The molecule has 1 fully saturated rings. The number of rotatable bonds is 5. The number of pyridine rings is 1. The van der Waals surface area contributed by atoms with Gasteiger partial charge in [-0.1, -0.05) is 12.1 Å². The van der Waals surface area contributed by atoms with Crippen LogP contribution in [0.5, 0.6) is 0 Å². The van der Waals surface area contributed by atoms with Crippen LogP contribution < -0.4 is 10.6 Å². The molecule has 1 aliphatic rings. The number of carboxylic acids is 1. The number of amides is 3. The highest BCUT2D eigenvalue weighted by atomic mass is 16.4. The molecule has 28 heavy (non-hydrogen) atoms. The van der Waals surface area contributed by atoms with Gasteiger partial charge in [-0.2, -0.15) is 0 Å². The molecule has 1 aliphatic heterocycles. The van der Waals surface area contributed by atoms with Crippen molar-refractivity contribution in [2.45, 2.75) is 19.4 Å². The monoisotopic (exact) mass is 382 g/mol. The molecule has 0 bridgehead atoms. The summed E-state index contributed by atoms with van der Waals surface area (Å²) in [6.07, 6.45) is 4.08. The number of hydrogen-bond acceptors (Lipinski definition) is 4. The molecule has 146 valence electrons. The number of piperidine rings is 1. The maximum atomic E-state index is 12.2. The SMILES string of the molecule is O=C(Nc1ccc(CNC(=O)N2CCC(C(=O)O)CC2)cc1)c1ccncc1. The number of carboxylic acid groups (broad SMARTS) is 1. The van der Waals surface area contributed by atoms with Crippen LogP contribution in [0.25, 0.3) is 0 Å². The van der Waals surface area contributed by atoms with Gasteiger partial charge in [-0.25, -0.2) is 4.79 Å². The van der Waals surface area contributed by atoms with Crippen LogP contribution in [0.15, 0.2) is 48.8 Å². The average molecular weight is 382 g/mol. The Labute approximate surface area is 162 Å². The minimum absolute atomic E-state index is 0.195. The number of aromatic nitrogens is 1. The molecule has 8 heteroatoms. The van der Waals surface area contributed by atoms with Crippen LogP contribution in [0.4, 0.5) is 10.5 Å². The first-order valence-electron chi connectivity index (χ1n) is 9.09. The van der Waals surface area contributed by atoms with Gasteiger partial charge in [0.25, 0.3) is 5.91 Å². The van der Waals surface area contributed by atoms with Gasteiger partial charge in [0.1, 0.15) is 0 Å². The smallest absolute Gasteiger partial charge is 0.317 e. The van der Waals surface area contributed by atoms with Gasteiger partial charge < -0.3 is 20.6 Å². The Morgan fingerprint density at radius 3 is 2.29 bits per heavy atom.